The van der Waals surface area contributed by atoms with Crippen molar-refractivity contribution in [3.63, 3.8) is 0 Å². The van der Waals surface area contributed by atoms with Gasteiger partial charge in [0.1, 0.15) is 0 Å². The lowest BCUT2D eigenvalue weighted by atomic mass is 10.2. The highest BCUT2D eigenvalue weighted by Crippen LogP contribution is 2.20. The lowest BCUT2D eigenvalue weighted by Gasteiger charge is -2.01. The van der Waals surface area contributed by atoms with E-state index in [2.05, 4.69) is 30.1 Å². The van der Waals surface area contributed by atoms with Gasteiger partial charge in [-0.3, -0.25) is 0 Å². The standard InChI is InChI=1S/C12H18N2S2/c1-4-6-15-7-5-13-8-11-9-14-12(16-11)10(2)3/h1,9-10,13H,5-8H2,2-3H3. The normalized spacial score (nSPS) is 10.6. The van der Waals surface area contributed by atoms with Crippen LogP contribution in [0.3, 0.4) is 0 Å². The Bertz CT molecular complexity index is 339. The van der Waals surface area contributed by atoms with Crippen LogP contribution in [0.1, 0.15) is 29.7 Å². The molecular formula is C12H18N2S2. The molecule has 16 heavy (non-hydrogen) atoms. The summed E-state index contributed by atoms with van der Waals surface area (Å²) < 4.78 is 0. The molecule has 0 fully saturated rings. The van der Waals surface area contributed by atoms with E-state index in [-0.39, 0.29) is 0 Å². The van der Waals surface area contributed by atoms with Gasteiger partial charge in [0.05, 0.1) is 10.8 Å². The minimum Gasteiger partial charge on any atom is -0.311 e. The predicted molar refractivity (Wildman–Crippen MR) is 74.1 cm³/mol. The van der Waals surface area contributed by atoms with E-state index in [1.807, 2.05) is 6.20 Å². The second-order valence-corrected chi connectivity index (χ2v) is 6.00. The fourth-order valence-corrected chi connectivity index (χ4v) is 2.60. The second-order valence-electron chi connectivity index (χ2n) is 3.75. The quantitative estimate of drug-likeness (QED) is 0.598. The van der Waals surface area contributed by atoms with Crippen LogP contribution in [0.5, 0.6) is 0 Å². The molecule has 0 spiro atoms. The van der Waals surface area contributed by atoms with Gasteiger partial charge in [-0.15, -0.1) is 29.5 Å². The second kappa shape index (κ2) is 7.72. The molecule has 0 amide bonds. The third-order valence-electron chi connectivity index (χ3n) is 1.97. The van der Waals surface area contributed by atoms with E-state index in [1.165, 1.54) is 9.88 Å². The number of hydrogen-bond acceptors (Lipinski definition) is 4. The van der Waals surface area contributed by atoms with Crippen molar-refractivity contribution in [1.29, 1.82) is 0 Å². The van der Waals surface area contributed by atoms with E-state index in [0.29, 0.717) is 5.92 Å². The molecule has 0 aliphatic carbocycles. The van der Waals surface area contributed by atoms with Gasteiger partial charge in [0.25, 0.3) is 0 Å². The highest BCUT2D eigenvalue weighted by molar-refractivity contribution is 7.99. The molecule has 0 aliphatic rings. The number of thiazole rings is 1. The van der Waals surface area contributed by atoms with E-state index in [9.17, 15) is 0 Å². The zero-order chi connectivity index (χ0) is 11.8. The highest BCUT2D eigenvalue weighted by Gasteiger charge is 2.04. The Balaban J connectivity index is 2.15. The van der Waals surface area contributed by atoms with Gasteiger partial charge in [0.2, 0.25) is 0 Å². The summed E-state index contributed by atoms with van der Waals surface area (Å²) in [5, 5.41) is 4.61. The van der Waals surface area contributed by atoms with Crippen LogP contribution < -0.4 is 5.32 Å². The summed E-state index contributed by atoms with van der Waals surface area (Å²) in [6.07, 6.45) is 7.14. The first kappa shape index (κ1) is 13.6. The molecular weight excluding hydrogens is 236 g/mol. The number of aromatic nitrogens is 1. The zero-order valence-corrected chi connectivity index (χ0v) is 11.5. The maximum Gasteiger partial charge on any atom is 0.0953 e. The smallest absolute Gasteiger partial charge is 0.0953 e. The van der Waals surface area contributed by atoms with Crippen LogP contribution in [-0.4, -0.2) is 23.0 Å². The van der Waals surface area contributed by atoms with Crippen LogP contribution in [0.15, 0.2) is 6.20 Å². The Labute approximate surface area is 106 Å². The van der Waals surface area contributed by atoms with Gasteiger partial charge < -0.3 is 5.32 Å². The van der Waals surface area contributed by atoms with E-state index in [1.54, 1.807) is 23.1 Å². The van der Waals surface area contributed by atoms with Crippen LogP contribution in [0.25, 0.3) is 0 Å². The Hall–Kier alpha value is -0.500. The van der Waals surface area contributed by atoms with Gasteiger partial charge in [-0.05, 0) is 0 Å². The molecule has 0 unspecified atom stereocenters. The molecule has 2 nitrogen and oxygen atoms in total. The number of rotatable bonds is 7. The third-order valence-corrected chi connectivity index (χ3v) is 4.13. The fourth-order valence-electron chi connectivity index (χ4n) is 1.16. The van der Waals surface area contributed by atoms with Crippen LogP contribution in [0.4, 0.5) is 0 Å². The van der Waals surface area contributed by atoms with Gasteiger partial charge in [0.15, 0.2) is 0 Å². The molecule has 0 aliphatic heterocycles. The van der Waals surface area contributed by atoms with Crippen molar-refractivity contribution in [2.75, 3.05) is 18.1 Å². The summed E-state index contributed by atoms with van der Waals surface area (Å²) in [6, 6.07) is 0. The Morgan fingerprint density at radius 3 is 3.06 bits per heavy atom. The summed E-state index contributed by atoms with van der Waals surface area (Å²) in [6.45, 7) is 6.27. The molecule has 0 radical (unpaired) electrons. The molecule has 0 bridgehead atoms. The molecule has 4 heteroatoms. The van der Waals surface area contributed by atoms with E-state index in [0.717, 1.165) is 24.6 Å². The van der Waals surface area contributed by atoms with Crippen molar-refractivity contribution in [3.05, 3.63) is 16.1 Å². The topological polar surface area (TPSA) is 24.9 Å². The van der Waals surface area contributed by atoms with Gasteiger partial charge in [0, 0.05) is 35.8 Å². The molecule has 88 valence electrons. The minimum atomic E-state index is 0.532. The van der Waals surface area contributed by atoms with Crippen molar-refractivity contribution in [3.8, 4) is 12.3 Å². The zero-order valence-electron chi connectivity index (χ0n) is 9.82. The highest BCUT2D eigenvalue weighted by atomic mass is 32.2. The van der Waals surface area contributed by atoms with E-state index in [4.69, 9.17) is 6.42 Å². The van der Waals surface area contributed by atoms with Crippen molar-refractivity contribution in [2.45, 2.75) is 26.3 Å². The molecule has 1 rings (SSSR count). The lowest BCUT2D eigenvalue weighted by Crippen LogP contribution is -2.15. The molecule has 1 N–H and O–H groups in total. The molecule has 0 saturated heterocycles. The molecule has 0 aromatic carbocycles. The predicted octanol–water partition coefficient (Wildman–Crippen LogP) is 2.72. The number of nitrogens with zero attached hydrogens (tertiary/aromatic N) is 1. The monoisotopic (exact) mass is 254 g/mol. The minimum absolute atomic E-state index is 0.532. The molecule has 1 heterocycles. The Kier molecular flexibility index (Phi) is 6.55. The molecule has 1 aromatic heterocycles. The van der Waals surface area contributed by atoms with Gasteiger partial charge in [-0.2, -0.15) is 0 Å². The first-order valence-corrected chi connectivity index (χ1v) is 7.37. The number of thioether (sulfide) groups is 1. The third kappa shape index (κ3) is 5.02. The van der Waals surface area contributed by atoms with Crippen LogP contribution >= 0.6 is 23.1 Å². The van der Waals surface area contributed by atoms with E-state index >= 15 is 0 Å². The first-order valence-electron chi connectivity index (χ1n) is 5.40. The summed E-state index contributed by atoms with van der Waals surface area (Å²) in [5.41, 5.74) is 0. The fraction of sp³-hybridized carbons (Fsp3) is 0.583. The SMILES string of the molecule is C#CCSCCNCc1cnc(C(C)C)s1. The summed E-state index contributed by atoms with van der Waals surface area (Å²) in [4.78, 5) is 5.70. The molecule has 1 aromatic rings. The average Bonchev–Trinajstić information content (AvgIpc) is 2.72. The molecule has 0 atom stereocenters. The number of terminal acetylenes is 1. The first-order chi connectivity index (χ1) is 7.74. The summed E-state index contributed by atoms with van der Waals surface area (Å²) >= 11 is 3.58. The Morgan fingerprint density at radius 1 is 1.62 bits per heavy atom. The number of nitrogens with one attached hydrogen (secondary N) is 1. The summed E-state index contributed by atoms with van der Waals surface area (Å²) in [5.74, 6) is 5.03. The summed E-state index contributed by atoms with van der Waals surface area (Å²) in [7, 11) is 0. The maximum absolute atomic E-state index is 5.17. The number of hydrogen-bond donors (Lipinski definition) is 1. The maximum atomic E-state index is 5.17. The van der Waals surface area contributed by atoms with Crippen molar-refractivity contribution in [2.24, 2.45) is 0 Å². The van der Waals surface area contributed by atoms with Crippen LogP contribution in [0.2, 0.25) is 0 Å². The van der Waals surface area contributed by atoms with Crippen molar-refractivity contribution < 1.29 is 0 Å². The van der Waals surface area contributed by atoms with Crippen molar-refractivity contribution in [1.82, 2.24) is 10.3 Å². The average molecular weight is 254 g/mol. The van der Waals surface area contributed by atoms with Crippen LogP contribution in [0, 0.1) is 12.3 Å². The lowest BCUT2D eigenvalue weighted by molar-refractivity contribution is 0.740. The van der Waals surface area contributed by atoms with Gasteiger partial charge in [-0.25, -0.2) is 4.98 Å². The van der Waals surface area contributed by atoms with Crippen LogP contribution in [-0.2, 0) is 6.54 Å². The Morgan fingerprint density at radius 2 is 2.44 bits per heavy atom. The van der Waals surface area contributed by atoms with Gasteiger partial charge >= 0.3 is 0 Å². The molecule has 0 saturated carbocycles. The van der Waals surface area contributed by atoms with Gasteiger partial charge in [-0.1, -0.05) is 19.8 Å². The van der Waals surface area contributed by atoms with Crippen molar-refractivity contribution >= 4 is 23.1 Å². The largest absolute Gasteiger partial charge is 0.311 e. The van der Waals surface area contributed by atoms with E-state index < -0.39 is 0 Å².